The molecule has 0 aliphatic carbocycles. The minimum Gasteiger partial charge on any atom is -0.489 e. The number of benzene rings is 2. The third-order valence-corrected chi connectivity index (χ3v) is 4.45. The van der Waals surface area contributed by atoms with Crippen LogP contribution in [-0.2, 0) is 6.61 Å². The maximum absolute atomic E-state index is 11.9. The number of hydrogen-bond acceptors (Lipinski definition) is 3. The molecule has 0 atom stereocenters. The highest BCUT2D eigenvalue weighted by atomic mass is 79.9. The summed E-state index contributed by atoms with van der Waals surface area (Å²) in [4.78, 5) is 23.4. The highest BCUT2D eigenvalue weighted by Crippen LogP contribution is 2.23. The lowest BCUT2D eigenvalue weighted by Gasteiger charge is -2.11. The fourth-order valence-electron chi connectivity index (χ4n) is 2.25. The predicted molar refractivity (Wildman–Crippen MR) is 94.3 cm³/mol. The Morgan fingerprint density at radius 1 is 1.13 bits per heavy atom. The monoisotopic (exact) mass is 374 g/mol. The number of hydrogen-bond donors (Lipinski definition) is 0. The quantitative estimate of drug-likeness (QED) is 0.658. The number of aryl methyl sites for hydroxylation is 1. The smallest absolute Gasteiger partial charge is 0.163 e. The zero-order chi connectivity index (χ0) is 17.0. The Labute approximate surface area is 144 Å². The summed E-state index contributed by atoms with van der Waals surface area (Å²) in [6.45, 7) is 5.63. The van der Waals surface area contributed by atoms with Crippen LogP contribution in [-0.4, -0.2) is 11.6 Å². The average molecular weight is 375 g/mol. The SMILES string of the molecule is CCC(=O)c1cc(OCc2cc(C(C)=O)ccc2Br)ccc1C. The van der Waals surface area contributed by atoms with E-state index in [0.717, 1.165) is 15.6 Å². The number of Topliss-reactive ketones (excluding diaryl/α,β-unsaturated/α-hetero) is 2. The van der Waals surface area contributed by atoms with Gasteiger partial charge >= 0.3 is 0 Å². The molecule has 2 rings (SSSR count). The largest absolute Gasteiger partial charge is 0.489 e. The molecule has 0 aromatic heterocycles. The van der Waals surface area contributed by atoms with Crippen molar-refractivity contribution in [2.75, 3.05) is 0 Å². The lowest BCUT2D eigenvalue weighted by molar-refractivity contribution is 0.0984. The van der Waals surface area contributed by atoms with Gasteiger partial charge in [0.1, 0.15) is 12.4 Å². The van der Waals surface area contributed by atoms with Gasteiger partial charge in [0.2, 0.25) is 0 Å². The predicted octanol–water partition coefficient (Wildman–Crippen LogP) is 5.13. The average Bonchev–Trinajstić information content (AvgIpc) is 2.54. The van der Waals surface area contributed by atoms with E-state index < -0.39 is 0 Å². The molecule has 0 heterocycles. The molecule has 0 radical (unpaired) electrons. The Bertz CT molecular complexity index is 750. The van der Waals surface area contributed by atoms with Gasteiger partial charge in [0.05, 0.1) is 0 Å². The van der Waals surface area contributed by atoms with Crippen LogP contribution in [0.5, 0.6) is 5.75 Å². The van der Waals surface area contributed by atoms with Gasteiger partial charge in [0, 0.05) is 27.6 Å². The van der Waals surface area contributed by atoms with Crippen LogP contribution in [0.2, 0.25) is 0 Å². The lowest BCUT2D eigenvalue weighted by atomic mass is 10.0. The number of carbonyl (C=O) groups excluding carboxylic acids is 2. The van der Waals surface area contributed by atoms with Gasteiger partial charge in [-0.15, -0.1) is 0 Å². The van der Waals surface area contributed by atoms with E-state index in [9.17, 15) is 9.59 Å². The molecule has 120 valence electrons. The zero-order valence-corrected chi connectivity index (χ0v) is 15.1. The summed E-state index contributed by atoms with van der Waals surface area (Å²) in [5.41, 5.74) is 3.18. The first kappa shape index (κ1) is 17.4. The van der Waals surface area contributed by atoms with E-state index in [1.54, 1.807) is 12.1 Å². The van der Waals surface area contributed by atoms with Crippen LogP contribution in [0.4, 0.5) is 0 Å². The fourth-order valence-corrected chi connectivity index (χ4v) is 2.61. The molecular formula is C19H19BrO3. The number of carbonyl (C=O) groups is 2. The topological polar surface area (TPSA) is 43.4 Å². The molecule has 0 saturated carbocycles. The molecule has 0 aliphatic rings. The van der Waals surface area contributed by atoms with Crippen LogP contribution in [0.1, 0.15) is 52.1 Å². The summed E-state index contributed by atoms with van der Waals surface area (Å²) in [5, 5.41) is 0. The van der Waals surface area contributed by atoms with Crippen LogP contribution in [0, 0.1) is 6.92 Å². The second kappa shape index (κ2) is 7.55. The van der Waals surface area contributed by atoms with Crippen molar-refractivity contribution >= 4 is 27.5 Å². The van der Waals surface area contributed by atoms with E-state index in [1.807, 2.05) is 38.1 Å². The number of ketones is 2. The van der Waals surface area contributed by atoms with Crippen LogP contribution in [0.15, 0.2) is 40.9 Å². The number of halogens is 1. The van der Waals surface area contributed by atoms with Gasteiger partial charge in [-0.3, -0.25) is 9.59 Å². The van der Waals surface area contributed by atoms with Gasteiger partial charge in [0.25, 0.3) is 0 Å². The Kier molecular flexibility index (Phi) is 5.72. The molecule has 0 fully saturated rings. The third kappa shape index (κ3) is 4.29. The molecule has 0 spiro atoms. The van der Waals surface area contributed by atoms with Gasteiger partial charge in [-0.2, -0.15) is 0 Å². The maximum Gasteiger partial charge on any atom is 0.163 e. The Morgan fingerprint density at radius 3 is 2.52 bits per heavy atom. The van der Waals surface area contributed by atoms with Crippen molar-refractivity contribution in [2.45, 2.75) is 33.8 Å². The second-order valence-electron chi connectivity index (χ2n) is 5.40. The third-order valence-electron chi connectivity index (χ3n) is 3.68. The van der Waals surface area contributed by atoms with E-state index >= 15 is 0 Å². The first-order chi connectivity index (χ1) is 10.9. The van der Waals surface area contributed by atoms with E-state index in [1.165, 1.54) is 6.92 Å². The first-order valence-corrected chi connectivity index (χ1v) is 8.27. The Morgan fingerprint density at radius 2 is 1.87 bits per heavy atom. The van der Waals surface area contributed by atoms with Crippen LogP contribution < -0.4 is 4.74 Å². The van der Waals surface area contributed by atoms with E-state index in [4.69, 9.17) is 4.74 Å². The molecule has 0 unspecified atom stereocenters. The highest BCUT2D eigenvalue weighted by molar-refractivity contribution is 9.10. The number of rotatable bonds is 6. The van der Waals surface area contributed by atoms with Crippen molar-refractivity contribution < 1.29 is 14.3 Å². The van der Waals surface area contributed by atoms with E-state index in [0.29, 0.717) is 29.9 Å². The van der Waals surface area contributed by atoms with Gasteiger partial charge in [0.15, 0.2) is 11.6 Å². The molecule has 0 bridgehead atoms. The fraction of sp³-hybridized carbons (Fsp3) is 0.263. The molecule has 2 aromatic rings. The summed E-state index contributed by atoms with van der Waals surface area (Å²) in [5.74, 6) is 0.769. The molecular weight excluding hydrogens is 356 g/mol. The molecule has 2 aromatic carbocycles. The van der Waals surface area contributed by atoms with Crippen molar-refractivity contribution in [3.05, 3.63) is 63.1 Å². The zero-order valence-electron chi connectivity index (χ0n) is 13.5. The standard InChI is InChI=1S/C19H19BrO3/c1-4-19(22)17-10-16(7-5-12(17)2)23-11-15-9-14(13(3)21)6-8-18(15)20/h5-10H,4,11H2,1-3H3. The molecule has 0 aliphatic heterocycles. The van der Waals surface area contributed by atoms with Gasteiger partial charge in [-0.25, -0.2) is 0 Å². The Hall–Kier alpha value is -1.94. The number of ether oxygens (including phenoxy) is 1. The van der Waals surface area contributed by atoms with Crippen molar-refractivity contribution in [2.24, 2.45) is 0 Å². The van der Waals surface area contributed by atoms with Crippen molar-refractivity contribution in [3.63, 3.8) is 0 Å². The molecule has 3 nitrogen and oxygen atoms in total. The first-order valence-electron chi connectivity index (χ1n) is 7.48. The second-order valence-corrected chi connectivity index (χ2v) is 6.26. The molecule has 23 heavy (non-hydrogen) atoms. The van der Waals surface area contributed by atoms with Crippen LogP contribution in [0.3, 0.4) is 0 Å². The summed E-state index contributed by atoms with van der Waals surface area (Å²) in [6.07, 6.45) is 0.469. The summed E-state index contributed by atoms with van der Waals surface area (Å²) in [6, 6.07) is 11.0. The van der Waals surface area contributed by atoms with Crippen molar-refractivity contribution in [1.82, 2.24) is 0 Å². The normalized spacial score (nSPS) is 10.4. The summed E-state index contributed by atoms with van der Waals surface area (Å²) < 4.78 is 6.69. The molecule has 0 saturated heterocycles. The highest BCUT2D eigenvalue weighted by Gasteiger charge is 2.10. The van der Waals surface area contributed by atoms with Gasteiger partial charge in [-0.1, -0.05) is 35.0 Å². The summed E-state index contributed by atoms with van der Waals surface area (Å²) >= 11 is 3.47. The van der Waals surface area contributed by atoms with E-state index in [-0.39, 0.29) is 11.6 Å². The minimum absolute atomic E-state index is 0.0184. The Balaban J connectivity index is 2.20. The van der Waals surface area contributed by atoms with Crippen molar-refractivity contribution in [3.8, 4) is 5.75 Å². The minimum atomic E-state index is 0.0184. The molecule has 0 amide bonds. The van der Waals surface area contributed by atoms with Crippen LogP contribution in [0.25, 0.3) is 0 Å². The molecule has 0 N–H and O–H groups in total. The van der Waals surface area contributed by atoms with E-state index in [2.05, 4.69) is 15.9 Å². The van der Waals surface area contributed by atoms with Gasteiger partial charge < -0.3 is 4.74 Å². The van der Waals surface area contributed by atoms with Gasteiger partial charge in [-0.05, 0) is 43.7 Å². The maximum atomic E-state index is 11.9. The lowest BCUT2D eigenvalue weighted by Crippen LogP contribution is -2.03. The van der Waals surface area contributed by atoms with Crippen molar-refractivity contribution in [1.29, 1.82) is 0 Å². The summed E-state index contributed by atoms with van der Waals surface area (Å²) in [7, 11) is 0. The van der Waals surface area contributed by atoms with Crippen LogP contribution >= 0.6 is 15.9 Å². The molecule has 4 heteroatoms.